The Kier molecular flexibility index (Phi) is 5.21. The Hall–Kier alpha value is -1.32. The molecule has 1 aromatic rings. The van der Waals surface area contributed by atoms with Gasteiger partial charge in [0.05, 0.1) is 0 Å². The van der Waals surface area contributed by atoms with E-state index in [4.69, 9.17) is 0 Å². The van der Waals surface area contributed by atoms with Gasteiger partial charge in [0.15, 0.2) is 0 Å². The molecular weight excluding hydrogens is 248 g/mol. The van der Waals surface area contributed by atoms with Gasteiger partial charge < -0.3 is 10.6 Å². The molecule has 112 valence electrons. The SMILES string of the molecule is CCCc1c(NC)ncnc1NCC1(C)CCCCC1. The molecular formula is C16H28N4. The van der Waals surface area contributed by atoms with Crippen LogP contribution < -0.4 is 10.6 Å². The van der Waals surface area contributed by atoms with Crippen LogP contribution in [0.15, 0.2) is 6.33 Å². The lowest BCUT2D eigenvalue weighted by molar-refractivity contribution is 0.233. The third-order valence-corrected chi connectivity index (χ3v) is 4.43. The van der Waals surface area contributed by atoms with Gasteiger partial charge in [-0.2, -0.15) is 0 Å². The van der Waals surface area contributed by atoms with Crippen LogP contribution in [0.4, 0.5) is 11.6 Å². The average Bonchev–Trinajstić information content (AvgIpc) is 2.47. The highest BCUT2D eigenvalue weighted by molar-refractivity contribution is 5.57. The van der Waals surface area contributed by atoms with Crippen molar-refractivity contribution in [1.82, 2.24) is 9.97 Å². The summed E-state index contributed by atoms with van der Waals surface area (Å²) in [6.45, 7) is 5.61. The van der Waals surface area contributed by atoms with Crippen LogP contribution in [0.1, 0.15) is 57.9 Å². The second kappa shape index (κ2) is 6.91. The summed E-state index contributed by atoms with van der Waals surface area (Å²) in [5, 5.41) is 6.77. The Labute approximate surface area is 122 Å². The van der Waals surface area contributed by atoms with Crippen LogP contribution in [0, 0.1) is 5.41 Å². The Morgan fingerprint density at radius 1 is 1.15 bits per heavy atom. The van der Waals surface area contributed by atoms with Gasteiger partial charge in [0.2, 0.25) is 0 Å². The molecule has 1 aromatic heterocycles. The van der Waals surface area contributed by atoms with E-state index in [1.165, 1.54) is 37.7 Å². The number of hydrogen-bond donors (Lipinski definition) is 2. The van der Waals surface area contributed by atoms with E-state index in [0.717, 1.165) is 31.0 Å². The van der Waals surface area contributed by atoms with E-state index in [0.29, 0.717) is 5.41 Å². The minimum atomic E-state index is 0.423. The number of nitrogens with zero attached hydrogens (tertiary/aromatic N) is 2. The minimum Gasteiger partial charge on any atom is -0.373 e. The zero-order chi connectivity index (χ0) is 14.4. The number of hydrogen-bond acceptors (Lipinski definition) is 4. The summed E-state index contributed by atoms with van der Waals surface area (Å²) in [4.78, 5) is 8.79. The molecule has 0 bridgehead atoms. The quantitative estimate of drug-likeness (QED) is 0.828. The Bertz CT molecular complexity index is 424. The summed E-state index contributed by atoms with van der Waals surface area (Å²) in [6, 6.07) is 0. The van der Waals surface area contributed by atoms with Crippen molar-refractivity contribution in [3.8, 4) is 0 Å². The zero-order valence-electron chi connectivity index (χ0n) is 13.1. The summed E-state index contributed by atoms with van der Waals surface area (Å²) in [7, 11) is 1.92. The molecule has 0 amide bonds. The Morgan fingerprint density at radius 2 is 1.85 bits per heavy atom. The minimum absolute atomic E-state index is 0.423. The smallest absolute Gasteiger partial charge is 0.134 e. The van der Waals surface area contributed by atoms with Crippen molar-refractivity contribution in [2.75, 3.05) is 24.2 Å². The first-order chi connectivity index (χ1) is 9.68. The van der Waals surface area contributed by atoms with E-state index in [2.05, 4.69) is 34.4 Å². The molecule has 0 atom stereocenters. The molecule has 2 rings (SSSR count). The van der Waals surface area contributed by atoms with Crippen molar-refractivity contribution < 1.29 is 0 Å². The van der Waals surface area contributed by atoms with E-state index in [1.54, 1.807) is 6.33 Å². The highest BCUT2D eigenvalue weighted by Crippen LogP contribution is 2.36. The predicted octanol–water partition coefficient (Wildman–Crippen LogP) is 3.85. The zero-order valence-corrected chi connectivity index (χ0v) is 13.1. The van der Waals surface area contributed by atoms with Gasteiger partial charge in [0.1, 0.15) is 18.0 Å². The van der Waals surface area contributed by atoms with Crippen molar-refractivity contribution in [1.29, 1.82) is 0 Å². The lowest BCUT2D eigenvalue weighted by Crippen LogP contribution is -2.29. The topological polar surface area (TPSA) is 49.8 Å². The second-order valence-corrected chi connectivity index (χ2v) is 6.27. The van der Waals surface area contributed by atoms with Crippen LogP contribution in [-0.2, 0) is 6.42 Å². The van der Waals surface area contributed by atoms with Gasteiger partial charge in [-0.15, -0.1) is 0 Å². The van der Waals surface area contributed by atoms with Crippen LogP contribution in [0.5, 0.6) is 0 Å². The van der Waals surface area contributed by atoms with Crippen molar-refractivity contribution >= 4 is 11.6 Å². The highest BCUT2D eigenvalue weighted by Gasteiger charge is 2.27. The van der Waals surface area contributed by atoms with E-state index >= 15 is 0 Å². The van der Waals surface area contributed by atoms with Crippen LogP contribution in [-0.4, -0.2) is 23.6 Å². The molecule has 1 heterocycles. The summed E-state index contributed by atoms with van der Waals surface area (Å²) in [6.07, 6.45) is 10.5. The van der Waals surface area contributed by atoms with Gasteiger partial charge in [-0.3, -0.25) is 0 Å². The van der Waals surface area contributed by atoms with Crippen molar-refractivity contribution in [3.05, 3.63) is 11.9 Å². The molecule has 4 heteroatoms. The van der Waals surface area contributed by atoms with Gasteiger partial charge in [-0.1, -0.05) is 39.5 Å². The molecule has 1 aliphatic rings. The van der Waals surface area contributed by atoms with Crippen LogP contribution in [0.3, 0.4) is 0 Å². The van der Waals surface area contributed by atoms with Gasteiger partial charge >= 0.3 is 0 Å². The molecule has 0 saturated heterocycles. The fourth-order valence-corrected chi connectivity index (χ4v) is 3.15. The molecule has 0 aliphatic heterocycles. The molecule has 0 radical (unpaired) electrons. The van der Waals surface area contributed by atoms with E-state index in [9.17, 15) is 0 Å². The summed E-state index contributed by atoms with van der Waals surface area (Å²) < 4.78 is 0. The third kappa shape index (κ3) is 3.62. The highest BCUT2D eigenvalue weighted by atomic mass is 15.1. The number of anilines is 2. The molecule has 2 N–H and O–H groups in total. The van der Waals surface area contributed by atoms with Crippen molar-refractivity contribution in [3.63, 3.8) is 0 Å². The van der Waals surface area contributed by atoms with Crippen molar-refractivity contribution in [2.24, 2.45) is 5.41 Å². The summed E-state index contributed by atoms with van der Waals surface area (Å²) >= 11 is 0. The fraction of sp³-hybridized carbons (Fsp3) is 0.750. The van der Waals surface area contributed by atoms with E-state index < -0.39 is 0 Å². The van der Waals surface area contributed by atoms with Gasteiger partial charge in [0.25, 0.3) is 0 Å². The number of aromatic nitrogens is 2. The molecule has 0 spiro atoms. The Balaban J connectivity index is 2.08. The summed E-state index contributed by atoms with van der Waals surface area (Å²) in [5.41, 5.74) is 1.64. The largest absolute Gasteiger partial charge is 0.373 e. The van der Waals surface area contributed by atoms with Crippen LogP contribution in [0.2, 0.25) is 0 Å². The van der Waals surface area contributed by atoms with Crippen LogP contribution >= 0.6 is 0 Å². The number of rotatable bonds is 6. The average molecular weight is 276 g/mol. The lowest BCUT2D eigenvalue weighted by Gasteiger charge is -2.34. The molecule has 20 heavy (non-hydrogen) atoms. The molecule has 0 aromatic carbocycles. The predicted molar refractivity (Wildman–Crippen MR) is 85.3 cm³/mol. The van der Waals surface area contributed by atoms with Gasteiger partial charge in [-0.25, -0.2) is 9.97 Å². The third-order valence-electron chi connectivity index (χ3n) is 4.43. The van der Waals surface area contributed by atoms with Gasteiger partial charge in [0, 0.05) is 19.2 Å². The first-order valence-corrected chi connectivity index (χ1v) is 7.94. The first-order valence-electron chi connectivity index (χ1n) is 7.94. The molecule has 1 saturated carbocycles. The molecule has 0 unspecified atom stereocenters. The van der Waals surface area contributed by atoms with Crippen LogP contribution in [0.25, 0.3) is 0 Å². The number of nitrogens with one attached hydrogen (secondary N) is 2. The van der Waals surface area contributed by atoms with Crippen molar-refractivity contribution in [2.45, 2.75) is 58.8 Å². The van der Waals surface area contributed by atoms with E-state index in [1.807, 2.05) is 7.05 Å². The standard InChI is InChI=1S/C16H28N4/c1-4-8-13-14(17-3)19-12-20-15(13)18-11-16(2)9-6-5-7-10-16/h12H,4-11H2,1-3H3,(H2,17,18,19,20). The van der Waals surface area contributed by atoms with Gasteiger partial charge in [-0.05, 0) is 24.7 Å². The second-order valence-electron chi connectivity index (χ2n) is 6.27. The maximum Gasteiger partial charge on any atom is 0.134 e. The summed E-state index contributed by atoms with van der Waals surface area (Å²) in [5.74, 6) is 1.97. The maximum absolute atomic E-state index is 4.46. The fourth-order valence-electron chi connectivity index (χ4n) is 3.15. The first kappa shape index (κ1) is 15.1. The molecule has 1 fully saturated rings. The molecule has 4 nitrogen and oxygen atoms in total. The Morgan fingerprint density at radius 3 is 2.50 bits per heavy atom. The van der Waals surface area contributed by atoms with E-state index in [-0.39, 0.29) is 0 Å². The lowest BCUT2D eigenvalue weighted by atomic mass is 9.76. The maximum atomic E-state index is 4.46. The molecule has 1 aliphatic carbocycles. The normalized spacial score (nSPS) is 17.8. The monoisotopic (exact) mass is 276 g/mol.